The van der Waals surface area contributed by atoms with Crippen molar-refractivity contribution in [1.29, 1.82) is 0 Å². The summed E-state index contributed by atoms with van der Waals surface area (Å²) in [7, 11) is 1.32. The summed E-state index contributed by atoms with van der Waals surface area (Å²) < 4.78 is 9.78. The van der Waals surface area contributed by atoms with Gasteiger partial charge in [-0.1, -0.05) is 24.6 Å². The minimum absolute atomic E-state index is 0.140. The van der Waals surface area contributed by atoms with Gasteiger partial charge in [-0.15, -0.1) is 0 Å². The lowest BCUT2D eigenvalue weighted by Crippen LogP contribution is -2.19. The SMILES string of the molecule is CCCNC(C)c1ccc(OCC(=O)OC)c(Cl)c1. The van der Waals surface area contributed by atoms with Crippen LogP contribution in [0.1, 0.15) is 31.9 Å². The molecule has 0 aliphatic carbocycles. The van der Waals surface area contributed by atoms with E-state index in [4.69, 9.17) is 16.3 Å². The summed E-state index contributed by atoms with van der Waals surface area (Å²) in [5, 5.41) is 3.87. The number of esters is 1. The first kappa shape index (κ1) is 15.8. The quantitative estimate of drug-likeness (QED) is 0.783. The van der Waals surface area contributed by atoms with Crippen molar-refractivity contribution in [3.05, 3.63) is 28.8 Å². The Labute approximate surface area is 119 Å². The second kappa shape index (κ2) is 8.02. The smallest absolute Gasteiger partial charge is 0.343 e. The molecule has 0 saturated heterocycles. The van der Waals surface area contributed by atoms with Gasteiger partial charge in [-0.05, 0) is 37.6 Å². The predicted octanol–water partition coefficient (Wildman–Crippen LogP) is 2.95. The van der Waals surface area contributed by atoms with Gasteiger partial charge in [0.2, 0.25) is 0 Å². The van der Waals surface area contributed by atoms with E-state index >= 15 is 0 Å². The Hall–Kier alpha value is -1.26. The minimum Gasteiger partial charge on any atom is -0.480 e. The highest BCUT2D eigenvalue weighted by Gasteiger charge is 2.09. The minimum atomic E-state index is -0.432. The van der Waals surface area contributed by atoms with Crippen LogP contribution in [0.2, 0.25) is 5.02 Å². The van der Waals surface area contributed by atoms with Gasteiger partial charge in [-0.3, -0.25) is 0 Å². The fraction of sp³-hybridized carbons (Fsp3) is 0.500. The lowest BCUT2D eigenvalue weighted by atomic mass is 10.1. The van der Waals surface area contributed by atoms with Gasteiger partial charge in [0.15, 0.2) is 6.61 Å². The van der Waals surface area contributed by atoms with Crippen LogP contribution in [0.15, 0.2) is 18.2 Å². The van der Waals surface area contributed by atoms with Gasteiger partial charge >= 0.3 is 5.97 Å². The molecular formula is C14H20ClNO3. The third kappa shape index (κ3) is 5.09. The number of hydrogen-bond acceptors (Lipinski definition) is 4. The molecule has 1 aromatic rings. The number of rotatable bonds is 7. The zero-order valence-electron chi connectivity index (χ0n) is 11.5. The highest BCUT2D eigenvalue weighted by molar-refractivity contribution is 6.32. The number of benzene rings is 1. The maximum absolute atomic E-state index is 11.0. The molecule has 0 aromatic heterocycles. The van der Waals surface area contributed by atoms with Crippen molar-refractivity contribution in [2.75, 3.05) is 20.3 Å². The van der Waals surface area contributed by atoms with Crippen LogP contribution in [0.5, 0.6) is 5.75 Å². The van der Waals surface area contributed by atoms with E-state index in [1.54, 1.807) is 6.07 Å². The first-order valence-corrected chi connectivity index (χ1v) is 6.68. The summed E-state index contributed by atoms with van der Waals surface area (Å²) in [5.41, 5.74) is 1.09. The Morgan fingerprint density at radius 1 is 1.47 bits per heavy atom. The van der Waals surface area contributed by atoms with Crippen LogP contribution < -0.4 is 10.1 Å². The van der Waals surface area contributed by atoms with E-state index in [1.165, 1.54) is 7.11 Å². The zero-order chi connectivity index (χ0) is 14.3. The number of halogens is 1. The molecule has 0 amide bonds. The topological polar surface area (TPSA) is 47.6 Å². The van der Waals surface area contributed by atoms with Crippen molar-refractivity contribution in [1.82, 2.24) is 5.32 Å². The van der Waals surface area contributed by atoms with Gasteiger partial charge < -0.3 is 14.8 Å². The molecule has 1 atom stereocenters. The summed E-state index contributed by atoms with van der Waals surface area (Å²) in [6.45, 7) is 5.02. The Morgan fingerprint density at radius 3 is 2.79 bits per heavy atom. The Bertz CT molecular complexity index is 423. The van der Waals surface area contributed by atoms with Crippen molar-refractivity contribution in [2.45, 2.75) is 26.3 Å². The second-order valence-electron chi connectivity index (χ2n) is 4.23. The maximum Gasteiger partial charge on any atom is 0.343 e. The van der Waals surface area contributed by atoms with Gasteiger partial charge in [0.25, 0.3) is 0 Å². The summed E-state index contributed by atoms with van der Waals surface area (Å²) in [4.78, 5) is 11.0. The average Bonchev–Trinajstić information content (AvgIpc) is 2.42. The molecule has 1 unspecified atom stereocenters. The molecule has 1 aromatic carbocycles. The van der Waals surface area contributed by atoms with Crippen molar-refractivity contribution in [3.8, 4) is 5.75 Å². The first-order chi connectivity index (χ1) is 9.08. The lowest BCUT2D eigenvalue weighted by molar-refractivity contribution is -0.142. The molecule has 0 aliphatic rings. The Morgan fingerprint density at radius 2 is 2.21 bits per heavy atom. The van der Waals surface area contributed by atoms with Gasteiger partial charge in [0.1, 0.15) is 5.75 Å². The van der Waals surface area contributed by atoms with Crippen molar-refractivity contribution >= 4 is 17.6 Å². The van der Waals surface area contributed by atoms with Gasteiger partial charge in [-0.25, -0.2) is 4.79 Å². The largest absolute Gasteiger partial charge is 0.480 e. The monoisotopic (exact) mass is 285 g/mol. The van der Waals surface area contributed by atoms with Crippen molar-refractivity contribution in [2.24, 2.45) is 0 Å². The van der Waals surface area contributed by atoms with Crippen LogP contribution in [0.4, 0.5) is 0 Å². The molecule has 0 heterocycles. The molecule has 0 radical (unpaired) electrons. The molecule has 19 heavy (non-hydrogen) atoms. The number of carbonyl (C=O) groups excluding carboxylic acids is 1. The summed E-state index contributed by atoms with van der Waals surface area (Å²) >= 11 is 6.13. The normalized spacial score (nSPS) is 12.0. The zero-order valence-corrected chi connectivity index (χ0v) is 12.3. The van der Waals surface area contributed by atoms with Crippen LogP contribution in [0.25, 0.3) is 0 Å². The second-order valence-corrected chi connectivity index (χ2v) is 4.64. The van der Waals surface area contributed by atoms with E-state index < -0.39 is 5.97 Å². The number of methoxy groups -OCH3 is 1. The van der Waals surface area contributed by atoms with Gasteiger partial charge in [0, 0.05) is 6.04 Å². The van der Waals surface area contributed by atoms with Crippen LogP contribution in [-0.2, 0) is 9.53 Å². The van der Waals surface area contributed by atoms with Crippen LogP contribution in [0, 0.1) is 0 Å². The lowest BCUT2D eigenvalue weighted by Gasteiger charge is -2.15. The summed E-state index contributed by atoms with van der Waals surface area (Å²) in [5.74, 6) is 0.0524. The number of ether oxygens (including phenoxy) is 2. The molecule has 0 bridgehead atoms. The molecular weight excluding hydrogens is 266 g/mol. The molecule has 0 aliphatic heterocycles. The number of nitrogens with one attached hydrogen (secondary N) is 1. The van der Waals surface area contributed by atoms with Crippen molar-refractivity contribution in [3.63, 3.8) is 0 Å². The highest BCUT2D eigenvalue weighted by atomic mass is 35.5. The van der Waals surface area contributed by atoms with Crippen LogP contribution in [-0.4, -0.2) is 26.2 Å². The summed E-state index contributed by atoms with van der Waals surface area (Å²) in [6.07, 6.45) is 1.08. The standard InChI is InChI=1S/C14H20ClNO3/c1-4-7-16-10(2)11-5-6-13(12(15)8-11)19-9-14(17)18-3/h5-6,8,10,16H,4,7,9H2,1-3H3. The Kier molecular flexibility index (Phi) is 6.67. The van der Waals surface area contributed by atoms with E-state index in [2.05, 4.69) is 23.9 Å². The molecule has 106 valence electrons. The molecule has 0 spiro atoms. The number of carbonyl (C=O) groups is 1. The van der Waals surface area contributed by atoms with Crippen molar-refractivity contribution < 1.29 is 14.3 Å². The van der Waals surface area contributed by atoms with E-state index in [0.29, 0.717) is 10.8 Å². The van der Waals surface area contributed by atoms with E-state index in [-0.39, 0.29) is 12.6 Å². The average molecular weight is 286 g/mol. The van der Waals surface area contributed by atoms with Gasteiger partial charge in [-0.2, -0.15) is 0 Å². The Balaban J connectivity index is 2.66. The van der Waals surface area contributed by atoms with Crippen LogP contribution in [0.3, 0.4) is 0 Å². The first-order valence-electron chi connectivity index (χ1n) is 6.31. The predicted molar refractivity (Wildman–Crippen MR) is 75.7 cm³/mol. The fourth-order valence-electron chi connectivity index (χ4n) is 1.58. The van der Waals surface area contributed by atoms with Gasteiger partial charge in [0.05, 0.1) is 12.1 Å². The van der Waals surface area contributed by atoms with Crippen LogP contribution >= 0.6 is 11.6 Å². The third-order valence-corrected chi connectivity index (χ3v) is 3.03. The highest BCUT2D eigenvalue weighted by Crippen LogP contribution is 2.27. The van der Waals surface area contributed by atoms with E-state index in [9.17, 15) is 4.79 Å². The third-order valence-electron chi connectivity index (χ3n) is 2.73. The number of hydrogen-bond donors (Lipinski definition) is 1. The fourth-order valence-corrected chi connectivity index (χ4v) is 1.82. The molecule has 1 rings (SSSR count). The molecule has 0 fully saturated rings. The maximum atomic E-state index is 11.0. The molecule has 4 nitrogen and oxygen atoms in total. The molecule has 1 N–H and O–H groups in total. The van der Waals surface area contributed by atoms with E-state index in [0.717, 1.165) is 18.5 Å². The molecule has 5 heteroatoms. The molecule has 0 saturated carbocycles. The van der Waals surface area contributed by atoms with E-state index in [1.807, 2.05) is 12.1 Å². The summed E-state index contributed by atoms with van der Waals surface area (Å²) in [6, 6.07) is 5.78.